The van der Waals surface area contributed by atoms with Crippen LogP contribution in [-0.2, 0) is 10.0 Å². The van der Waals surface area contributed by atoms with Crippen LogP contribution in [0.2, 0.25) is 0 Å². The highest BCUT2D eigenvalue weighted by molar-refractivity contribution is 7.92. The Kier molecular flexibility index (Phi) is 4.93. The fraction of sp³-hybridized carbons (Fsp3) is 0. The number of aromatic nitrogens is 1. The van der Waals surface area contributed by atoms with Crippen molar-refractivity contribution in [2.75, 3.05) is 4.72 Å². The Labute approximate surface area is 166 Å². The van der Waals surface area contributed by atoms with Crippen molar-refractivity contribution < 1.29 is 12.8 Å². The molecular weight excluding hydrogens is 395 g/mol. The Morgan fingerprint density at radius 1 is 0.857 bits per heavy atom. The van der Waals surface area contributed by atoms with Gasteiger partial charge in [0.25, 0.3) is 10.0 Å². The van der Waals surface area contributed by atoms with Crippen molar-refractivity contribution in [1.29, 1.82) is 0 Å². The number of sulfonamides is 1. The number of nitrogens with zero attached hydrogens (tertiary/aromatic N) is 1. The third-order valence-electron chi connectivity index (χ3n) is 4.04. The molecular formula is C21H15FN2O2S2. The Hall–Kier alpha value is -3.03. The number of nitrogens with one attached hydrogen (secondary N) is 1. The lowest BCUT2D eigenvalue weighted by atomic mass is 10.1. The number of hydrogen-bond donors (Lipinski definition) is 1. The molecule has 0 bridgehead atoms. The Morgan fingerprint density at radius 2 is 1.61 bits per heavy atom. The van der Waals surface area contributed by atoms with Crippen LogP contribution in [0.25, 0.3) is 21.8 Å². The van der Waals surface area contributed by atoms with Gasteiger partial charge < -0.3 is 0 Å². The van der Waals surface area contributed by atoms with E-state index in [0.29, 0.717) is 5.69 Å². The van der Waals surface area contributed by atoms with Crippen LogP contribution in [0.3, 0.4) is 0 Å². The molecule has 0 saturated heterocycles. The lowest BCUT2D eigenvalue weighted by Gasteiger charge is -2.09. The minimum Gasteiger partial charge on any atom is -0.280 e. The summed E-state index contributed by atoms with van der Waals surface area (Å²) in [6.45, 7) is 0. The van der Waals surface area contributed by atoms with Gasteiger partial charge in [0.15, 0.2) is 0 Å². The molecule has 140 valence electrons. The maximum absolute atomic E-state index is 13.4. The molecule has 0 spiro atoms. The zero-order valence-electron chi connectivity index (χ0n) is 14.5. The van der Waals surface area contributed by atoms with Crippen molar-refractivity contribution >= 4 is 27.0 Å². The molecule has 3 aromatic carbocycles. The average molecular weight is 410 g/mol. The van der Waals surface area contributed by atoms with Gasteiger partial charge >= 0.3 is 0 Å². The fourth-order valence-electron chi connectivity index (χ4n) is 2.71. The molecule has 1 heterocycles. The molecule has 4 aromatic rings. The Balaban J connectivity index is 1.61. The summed E-state index contributed by atoms with van der Waals surface area (Å²) in [4.78, 5) is 4.52. The quantitative estimate of drug-likeness (QED) is 0.478. The van der Waals surface area contributed by atoms with Gasteiger partial charge in [-0.3, -0.25) is 4.72 Å². The smallest absolute Gasteiger partial charge is 0.261 e. The van der Waals surface area contributed by atoms with E-state index in [1.54, 1.807) is 18.2 Å². The zero-order chi connectivity index (χ0) is 19.6. The van der Waals surface area contributed by atoms with E-state index in [9.17, 15) is 12.8 Å². The van der Waals surface area contributed by atoms with Gasteiger partial charge in [-0.1, -0.05) is 48.5 Å². The second-order valence-corrected chi connectivity index (χ2v) is 8.59. The van der Waals surface area contributed by atoms with Gasteiger partial charge in [-0.15, -0.1) is 11.3 Å². The van der Waals surface area contributed by atoms with E-state index >= 15 is 0 Å². The maximum atomic E-state index is 13.4. The summed E-state index contributed by atoms with van der Waals surface area (Å²) in [5.41, 5.74) is 2.96. The molecule has 0 atom stereocenters. The van der Waals surface area contributed by atoms with Crippen molar-refractivity contribution in [2.45, 2.75) is 4.90 Å². The summed E-state index contributed by atoms with van der Waals surface area (Å²) in [6, 6.07) is 21.7. The van der Waals surface area contributed by atoms with E-state index < -0.39 is 15.8 Å². The summed E-state index contributed by atoms with van der Waals surface area (Å²) < 4.78 is 40.9. The van der Waals surface area contributed by atoms with Gasteiger partial charge in [-0.2, -0.15) is 0 Å². The first-order chi connectivity index (χ1) is 13.5. The van der Waals surface area contributed by atoms with Crippen LogP contribution in [-0.4, -0.2) is 13.4 Å². The van der Waals surface area contributed by atoms with Crippen molar-refractivity contribution in [3.05, 3.63) is 90.1 Å². The molecule has 4 nitrogen and oxygen atoms in total. The third kappa shape index (κ3) is 3.95. The highest BCUT2D eigenvalue weighted by Crippen LogP contribution is 2.30. The molecule has 0 aliphatic carbocycles. The lowest BCUT2D eigenvalue weighted by molar-refractivity contribution is 0.595. The van der Waals surface area contributed by atoms with Crippen LogP contribution in [0.15, 0.2) is 89.1 Å². The molecule has 0 unspecified atom stereocenters. The highest BCUT2D eigenvalue weighted by atomic mass is 32.2. The summed E-state index contributed by atoms with van der Waals surface area (Å²) in [7, 11) is -3.88. The van der Waals surface area contributed by atoms with Gasteiger partial charge in [0, 0.05) is 22.2 Å². The largest absolute Gasteiger partial charge is 0.280 e. The number of rotatable bonds is 5. The number of thiazole rings is 1. The lowest BCUT2D eigenvalue weighted by Crippen LogP contribution is -2.13. The molecule has 28 heavy (non-hydrogen) atoms. The van der Waals surface area contributed by atoms with Crippen LogP contribution in [0, 0.1) is 5.82 Å². The molecule has 4 rings (SSSR count). The van der Waals surface area contributed by atoms with E-state index in [1.165, 1.54) is 29.5 Å². The van der Waals surface area contributed by atoms with Crippen molar-refractivity contribution in [3.63, 3.8) is 0 Å². The van der Waals surface area contributed by atoms with Crippen LogP contribution in [0.4, 0.5) is 10.1 Å². The first-order valence-electron chi connectivity index (χ1n) is 8.41. The molecule has 1 N–H and O–H groups in total. The van der Waals surface area contributed by atoms with E-state index in [2.05, 4.69) is 9.71 Å². The normalized spacial score (nSPS) is 11.3. The SMILES string of the molecule is O=S(=O)(Nc1cccc(-c2csc(-c3ccccc3)n2)c1)c1cccc(F)c1. The second-order valence-electron chi connectivity index (χ2n) is 6.05. The Morgan fingerprint density at radius 3 is 2.39 bits per heavy atom. The standard InChI is InChI=1S/C21H15FN2O2S2/c22-17-9-5-11-19(13-17)28(25,26)24-18-10-4-8-16(12-18)20-14-27-21(23-20)15-6-2-1-3-7-15/h1-14,24H. The van der Waals surface area contributed by atoms with E-state index in [4.69, 9.17) is 0 Å². The first-order valence-corrected chi connectivity index (χ1v) is 10.8. The molecule has 0 radical (unpaired) electrons. The van der Waals surface area contributed by atoms with Gasteiger partial charge in [0.2, 0.25) is 0 Å². The van der Waals surface area contributed by atoms with Gasteiger partial charge in [0.1, 0.15) is 10.8 Å². The molecule has 7 heteroatoms. The first kappa shape index (κ1) is 18.3. The molecule has 1 aromatic heterocycles. The molecule has 0 fully saturated rings. The minimum atomic E-state index is -3.88. The van der Waals surface area contributed by atoms with E-state index in [1.807, 2.05) is 41.8 Å². The predicted molar refractivity (Wildman–Crippen MR) is 110 cm³/mol. The average Bonchev–Trinajstić information content (AvgIpc) is 3.19. The monoisotopic (exact) mass is 410 g/mol. The summed E-state index contributed by atoms with van der Waals surface area (Å²) in [5, 5.41) is 2.82. The highest BCUT2D eigenvalue weighted by Gasteiger charge is 2.15. The number of halogens is 1. The predicted octanol–water partition coefficient (Wildman–Crippen LogP) is 5.42. The van der Waals surface area contributed by atoms with Gasteiger partial charge in [-0.05, 0) is 30.3 Å². The van der Waals surface area contributed by atoms with Crippen LogP contribution in [0.1, 0.15) is 0 Å². The molecule has 0 saturated carbocycles. The topological polar surface area (TPSA) is 59.1 Å². The molecule has 0 aliphatic heterocycles. The van der Waals surface area contributed by atoms with Crippen molar-refractivity contribution in [1.82, 2.24) is 4.98 Å². The third-order valence-corrected chi connectivity index (χ3v) is 6.31. The molecule has 0 amide bonds. The van der Waals surface area contributed by atoms with Crippen LogP contribution < -0.4 is 4.72 Å². The number of benzene rings is 3. The summed E-state index contributed by atoms with van der Waals surface area (Å²) in [6.07, 6.45) is 0. The van der Waals surface area contributed by atoms with Crippen molar-refractivity contribution in [3.8, 4) is 21.8 Å². The van der Waals surface area contributed by atoms with Gasteiger partial charge in [-0.25, -0.2) is 17.8 Å². The van der Waals surface area contributed by atoms with Crippen LogP contribution >= 0.6 is 11.3 Å². The minimum absolute atomic E-state index is 0.127. The second kappa shape index (κ2) is 7.53. The van der Waals surface area contributed by atoms with E-state index in [0.717, 1.165) is 27.9 Å². The van der Waals surface area contributed by atoms with Crippen LogP contribution in [0.5, 0.6) is 0 Å². The molecule has 0 aliphatic rings. The zero-order valence-corrected chi connectivity index (χ0v) is 16.2. The van der Waals surface area contributed by atoms with Crippen molar-refractivity contribution in [2.24, 2.45) is 0 Å². The summed E-state index contributed by atoms with van der Waals surface area (Å²) >= 11 is 1.52. The fourth-order valence-corrected chi connectivity index (χ4v) is 4.63. The van der Waals surface area contributed by atoms with E-state index in [-0.39, 0.29) is 4.90 Å². The summed E-state index contributed by atoms with van der Waals surface area (Å²) in [5.74, 6) is -0.604. The maximum Gasteiger partial charge on any atom is 0.261 e. The Bertz CT molecular complexity index is 1220. The number of anilines is 1. The number of hydrogen-bond acceptors (Lipinski definition) is 4. The van der Waals surface area contributed by atoms with Gasteiger partial charge in [0.05, 0.1) is 10.6 Å².